The number of aliphatic hydroxyl groups excluding tert-OH is 5. The van der Waals surface area contributed by atoms with E-state index in [0.29, 0.717) is 0 Å². The zero-order chi connectivity index (χ0) is 32.2. The maximum absolute atomic E-state index is 12.9. The van der Waals surface area contributed by atoms with E-state index in [-0.39, 0.29) is 55.7 Å². The van der Waals surface area contributed by atoms with Crippen LogP contribution in [0.2, 0.25) is 0 Å². The first-order chi connectivity index (χ1) is 21.4. The zero-order valence-electron chi connectivity index (χ0n) is 22.9. The molecule has 0 aromatic heterocycles. The lowest BCUT2D eigenvalue weighted by atomic mass is 9.90. The van der Waals surface area contributed by atoms with Crippen molar-refractivity contribution in [3.05, 3.63) is 176 Å². The van der Waals surface area contributed by atoms with Gasteiger partial charge in [-0.1, -0.05) is 0 Å². The van der Waals surface area contributed by atoms with E-state index in [1.807, 2.05) is 0 Å². The summed E-state index contributed by atoms with van der Waals surface area (Å²) in [7, 11) is 0. The first kappa shape index (κ1) is 28.6. The van der Waals surface area contributed by atoms with Gasteiger partial charge >= 0.3 is 0 Å². The lowest BCUT2D eigenvalue weighted by molar-refractivity contribution is -0.112. The van der Waals surface area contributed by atoms with E-state index in [1.54, 1.807) is 0 Å². The predicted octanol–water partition coefficient (Wildman–Crippen LogP) is 4.39. The second-order valence-corrected chi connectivity index (χ2v) is 10.5. The van der Waals surface area contributed by atoms with E-state index in [9.17, 15) is 49.5 Å². The molecule has 10 bridgehead atoms. The van der Waals surface area contributed by atoms with Gasteiger partial charge in [-0.25, -0.2) is 0 Å². The van der Waals surface area contributed by atoms with Crippen molar-refractivity contribution in [1.82, 2.24) is 0 Å². The molecular weight excluding hydrogens is 580 g/mol. The normalized spacial score (nSPS) is 21.8. The molecule has 0 unspecified atom stereocenters. The molecule has 15 rings (SSSR count). The van der Waals surface area contributed by atoms with Gasteiger partial charge in [0.05, 0.1) is 0 Å². The summed E-state index contributed by atoms with van der Waals surface area (Å²) in [4.78, 5) is 64.5. The summed E-state index contributed by atoms with van der Waals surface area (Å²) in [6.07, 6.45) is 16.6. The molecule has 0 spiro atoms. The monoisotopic (exact) mass is 600 g/mol. The quantitative estimate of drug-likeness (QED) is 0.267. The Labute approximate surface area is 254 Å². The van der Waals surface area contributed by atoms with Gasteiger partial charge in [0.2, 0.25) is 0 Å². The van der Waals surface area contributed by atoms with Crippen molar-refractivity contribution >= 4 is 28.9 Å². The third-order valence-electron chi connectivity index (χ3n) is 7.35. The summed E-state index contributed by atoms with van der Waals surface area (Å²) in [5, 5.41) is 53.1. The summed E-state index contributed by atoms with van der Waals surface area (Å²) < 4.78 is 0. The Morgan fingerprint density at radius 1 is 0.222 bits per heavy atom. The molecular formula is C35H20O10. The Morgan fingerprint density at radius 2 is 0.378 bits per heavy atom. The van der Waals surface area contributed by atoms with Crippen LogP contribution in [0.3, 0.4) is 0 Å². The van der Waals surface area contributed by atoms with Gasteiger partial charge in [-0.15, -0.1) is 0 Å². The molecule has 0 fully saturated rings. The first-order valence-corrected chi connectivity index (χ1v) is 13.3. The molecule has 0 aliphatic heterocycles. The molecule has 45 heavy (non-hydrogen) atoms. The second kappa shape index (κ2) is 10.6. The molecule has 0 saturated carbocycles. The standard InChI is InChI=1S/C35H20O10/c36-26-8-18-2-20-10-32(42)22(12-30(20)40)4-24-14-35(45)25(15-34(24)44)5-23-13-31(41)21(11-33(23)43)3-19-9-27(37)17(7-29(19)39)1-16(26)6-28(18)38/h1-15,36,39-40,43-44H. The minimum Gasteiger partial charge on any atom is -0.507 e. The summed E-state index contributed by atoms with van der Waals surface area (Å²) in [6, 6.07) is 0. The fraction of sp³-hybridized carbons (Fsp3) is 0. The minimum atomic E-state index is -0.621. The fourth-order valence-electron chi connectivity index (χ4n) is 4.98. The van der Waals surface area contributed by atoms with Crippen molar-refractivity contribution in [1.29, 1.82) is 0 Å². The Kier molecular flexibility index (Phi) is 6.74. The van der Waals surface area contributed by atoms with Crippen LogP contribution < -0.4 is 0 Å². The van der Waals surface area contributed by atoms with Crippen LogP contribution in [0.1, 0.15) is 0 Å². The van der Waals surface area contributed by atoms with Crippen molar-refractivity contribution in [2.75, 3.05) is 0 Å². The van der Waals surface area contributed by atoms with Gasteiger partial charge in [0.1, 0.15) is 28.8 Å². The highest BCUT2D eigenvalue weighted by molar-refractivity contribution is 6.14. The molecule has 0 amide bonds. The molecule has 0 radical (unpaired) electrons. The van der Waals surface area contributed by atoms with E-state index in [4.69, 9.17) is 0 Å². The highest BCUT2D eigenvalue weighted by Crippen LogP contribution is 2.31. The van der Waals surface area contributed by atoms with Gasteiger partial charge in [-0.2, -0.15) is 0 Å². The largest absolute Gasteiger partial charge is 0.507 e. The van der Waals surface area contributed by atoms with E-state index in [0.717, 1.165) is 60.8 Å². The number of carbonyl (C=O) groups excluding carboxylic acids is 5. The maximum Gasteiger partial charge on any atom is 0.186 e. The lowest BCUT2D eigenvalue weighted by Gasteiger charge is -2.15. The van der Waals surface area contributed by atoms with E-state index >= 15 is 0 Å². The van der Waals surface area contributed by atoms with Crippen LogP contribution in [0.15, 0.2) is 176 Å². The third kappa shape index (κ3) is 5.39. The zero-order valence-corrected chi connectivity index (χ0v) is 22.9. The summed E-state index contributed by atoms with van der Waals surface area (Å²) in [6.45, 7) is 0. The highest BCUT2D eigenvalue weighted by atomic mass is 16.3. The molecule has 15 aliphatic carbocycles. The number of allylic oxidation sites excluding steroid dienone is 20. The summed E-state index contributed by atoms with van der Waals surface area (Å²) >= 11 is 0. The number of carbonyl (C=O) groups is 5. The molecule has 0 heterocycles. The smallest absolute Gasteiger partial charge is 0.186 e. The van der Waals surface area contributed by atoms with Crippen molar-refractivity contribution in [2.24, 2.45) is 0 Å². The highest BCUT2D eigenvalue weighted by Gasteiger charge is 2.25. The molecule has 0 aromatic rings. The molecule has 10 heteroatoms. The van der Waals surface area contributed by atoms with Crippen LogP contribution in [-0.2, 0) is 24.0 Å². The van der Waals surface area contributed by atoms with Crippen molar-refractivity contribution in [2.45, 2.75) is 0 Å². The van der Waals surface area contributed by atoms with Crippen LogP contribution in [-0.4, -0.2) is 54.4 Å². The minimum absolute atomic E-state index is 0.0448. The summed E-state index contributed by atoms with van der Waals surface area (Å²) in [5.74, 6) is -5.17. The van der Waals surface area contributed by atoms with Crippen LogP contribution in [0.5, 0.6) is 0 Å². The number of hydrogen-bond acceptors (Lipinski definition) is 10. The van der Waals surface area contributed by atoms with Gasteiger partial charge in [0, 0.05) is 55.7 Å². The van der Waals surface area contributed by atoms with Crippen molar-refractivity contribution in [3.8, 4) is 0 Å². The van der Waals surface area contributed by atoms with E-state index in [2.05, 4.69) is 0 Å². The first-order valence-electron chi connectivity index (χ1n) is 13.3. The van der Waals surface area contributed by atoms with Crippen LogP contribution in [0.4, 0.5) is 0 Å². The molecule has 0 atom stereocenters. The predicted molar refractivity (Wildman–Crippen MR) is 159 cm³/mol. The molecule has 0 aromatic carbocycles. The van der Waals surface area contributed by atoms with Crippen molar-refractivity contribution in [3.63, 3.8) is 0 Å². The van der Waals surface area contributed by atoms with Crippen molar-refractivity contribution < 1.29 is 49.5 Å². The number of aliphatic hydroxyl groups is 5. The topological polar surface area (TPSA) is 186 Å². The SMILES string of the molecule is O=C1C=C2C=C3C=C(O)C(=CC3=O)C=C3C=C(O)C(=CC3=O)C=C3C=C(O)C(=CC3=O)C=C3C=C(O)C(=CC3=O)C=C1C=C2O. The third-order valence-corrected chi connectivity index (χ3v) is 7.35. The van der Waals surface area contributed by atoms with Gasteiger partial charge in [-0.05, 0) is 91.1 Å². The average Bonchev–Trinajstić information content (AvgIpc) is 2.97. The number of hydrogen-bond donors (Lipinski definition) is 5. The van der Waals surface area contributed by atoms with Gasteiger partial charge in [-0.3, -0.25) is 24.0 Å². The Balaban J connectivity index is 1.50. The fourth-order valence-corrected chi connectivity index (χ4v) is 4.98. The Hall–Kier alpha value is -6.55. The average molecular weight is 601 g/mol. The van der Waals surface area contributed by atoms with E-state index in [1.165, 1.54) is 30.4 Å². The molecule has 15 aliphatic rings. The molecule has 220 valence electrons. The Morgan fingerprint density at radius 3 is 0.533 bits per heavy atom. The van der Waals surface area contributed by atoms with Crippen LogP contribution in [0, 0.1) is 0 Å². The lowest BCUT2D eigenvalue weighted by Crippen LogP contribution is -2.11. The van der Waals surface area contributed by atoms with Gasteiger partial charge < -0.3 is 25.5 Å². The number of ketones is 5. The van der Waals surface area contributed by atoms with Gasteiger partial charge in [0.25, 0.3) is 0 Å². The van der Waals surface area contributed by atoms with Gasteiger partial charge in [0.15, 0.2) is 28.9 Å². The molecule has 10 nitrogen and oxygen atoms in total. The summed E-state index contributed by atoms with van der Waals surface area (Å²) in [5.41, 5.74) is -0.642. The van der Waals surface area contributed by atoms with E-state index < -0.39 is 57.7 Å². The second-order valence-electron chi connectivity index (χ2n) is 10.5. The Bertz CT molecular complexity index is 1740. The van der Waals surface area contributed by atoms with Crippen LogP contribution in [0.25, 0.3) is 0 Å². The number of rotatable bonds is 0. The maximum atomic E-state index is 12.9. The van der Waals surface area contributed by atoms with Crippen LogP contribution >= 0.6 is 0 Å². The molecule has 5 N–H and O–H groups in total. The molecule has 0 saturated heterocycles.